The van der Waals surface area contributed by atoms with Gasteiger partial charge in [0.2, 0.25) is 23.6 Å². The number of nitrogens with one attached hydrogen (secondary N) is 4. The summed E-state index contributed by atoms with van der Waals surface area (Å²) in [6.07, 6.45) is 1.20. The van der Waals surface area contributed by atoms with Crippen LogP contribution in [0.2, 0.25) is 0 Å². The zero-order valence-corrected chi connectivity index (χ0v) is 18.2. The van der Waals surface area contributed by atoms with Crippen LogP contribution in [0.1, 0.15) is 18.4 Å². The average Bonchev–Trinajstić information content (AvgIpc) is 3.21. The minimum absolute atomic E-state index is 0.0506. The number of carbonyl (C=O) groups is 5. The summed E-state index contributed by atoms with van der Waals surface area (Å²) in [5, 5.41) is 26.9. The van der Waals surface area contributed by atoms with E-state index in [1.54, 1.807) is 18.3 Å². The van der Waals surface area contributed by atoms with E-state index in [-0.39, 0.29) is 19.3 Å². The number of carboxylic acids is 1. The molecule has 4 amide bonds. The van der Waals surface area contributed by atoms with Crippen LogP contribution in [0.3, 0.4) is 0 Å². The molecule has 2 aromatic rings. The minimum atomic E-state index is -1.51. The van der Waals surface area contributed by atoms with Gasteiger partial charge in [-0.3, -0.25) is 19.2 Å². The summed E-state index contributed by atoms with van der Waals surface area (Å²) in [7, 11) is 0. The van der Waals surface area contributed by atoms with E-state index in [1.165, 1.54) is 0 Å². The molecule has 0 aliphatic carbocycles. The Balaban J connectivity index is 2.08. The van der Waals surface area contributed by atoms with Crippen LogP contribution < -0.4 is 27.4 Å². The molecule has 13 nitrogen and oxygen atoms in total. The summed E-state index contributed by atoms with van der Waals surface area (Å²) in [5.41, 5.74) is 11.8. The van der Waals surface area contributed by atoms with Gasteiger partial charge in [0.05, 0.1) is 13.2 Å². The standard InChI is InChI=1S/C21H28N6O7/c22-8-18(30)25-14(5-6-17(23)29)19(31)27-16(10-28)20(32)26-15(21(33)34)7-11-9-24-13-4-2-1-3-12(11)13/h1-4,9,14-16,24,28H,5-8,10,22H2,(H2,23,29)(H,25,30)(H,26,32)(H,27,31)(H,33,34). The van der Waals surface area contributed by atoms with Crippen LogP contribution in [0.15, 0.2) is 30.5 Å². The summed E-state index contributed by atoms with van der Waals surface area (Å²) in [4.78, 5) is 62.7. The van der Waals surface area contributed by atoms with Gasteiger partial charge in [0.25, 0.3) is 0 Å². The summed E-state index contributed by atoms with van der Waals surface area (Å²) in [6.45, 7) is -1.26. The lowest BCUT2D eigenvalue weighted by atomic mass is 10.0. The molecule has 0 saturated carbocycles. The highest BCUT2D eigenvalue weighted by Crippen LogP contribution is 2.19. The topological polar surface area (TPSA) is 230 Å². The number of aliphatic hydroxyl groups excluding tert-OH is 1. The van der Waals surface area contributed by atoms with Crippen molar-refractivity contribution in [2.45, 2.75) is 37.4 Å². The molecule has 0 radical (unpaired) electrons. The predicted molar refractivity (Wildman–Crippen MR) is 120 cm³/mol. The number of aliphatic carboxylic acids is 1. The van der Waals surface area contributed by atoms with Crippen LogP contribution in [0.25, 0.3) is 10.9 Å². The predicted octanol–water partition coefficient (Wildman–Crippen LogP) is -2.53. The summed E-state index contributed by atoms with van der Waals surface area (Å²) < 4.78 is 0. The van der Waals surface area contributed by atoms with Crippen molar-refractivity contribution < 1.29 is 34.2 Å². The fourth-order valence-electron chi connectivity index (χ4n) is 3.27. The number of aliphatic hydroxyl groups is 1. The van der Waals surface area contributed by atoms with Gasteiger partial charge in [-0.1, -0.05) is 18.2 Å². The van der Waals surface area contributed by atoms with Crippen molar-refractivity contribution in [3.05, 3.63) is 36.0 Å². The highest BCUT2D eigenvalue weighted by atomic mass is 16.4. The molecule has 0 fully saturated rings. The van der Waals surface area contributed by atoms with Crippen LogP contribution >= 0.6 is 0 Å². The van der Waals surface area contributed by atoms with Gasteiger partial charge >= 0.3 is 5.97 Å². The number of hydrogen-bond acceptors (Lipinski definition) is 7. The van der Waals surface area contributed by atoms with Gasteiger partial charge in [-0.15, -0.1) is 0 Å². The molecule has 0 aliphatic heterocycles. The van der Waals surface area contributed by atoms with Crippen molar-refractivity contribution in [1.82, 2.24) is 20.9 Å². The SMILES string of the molecule is NCC(=O)NC(CCC(N)=O)C(=O)NC(CO)C(=O)NC(Cc1c[nH]c2ccccc12)C(=O)O. The zero-order valence-electron chi connectivity index (χ0n) is 18.2. The molecule has 3 atom stereocenters. The maximum absolute atomic E-state index is 12.6. The first-order valence-corrected chi connectivity index (χ1v) is 10.4. The lowest BCUT2D eigenvalue weighted by Crippen LogP contribution is -2.57. The molecular formula is C21H28N6O7. The Morgan fingerprint density at radius 2 is 1.62 bits per heavy atom. The third-order valence-electron chi connectivity index (χ3n) is 5.05. The number of rotatable bonds is 13. The van der Waals surface area contributed by atoms with Crippen LogP contribution in [-0.2, 0) is 30.4 Å². The number of hydrogen-bond donors (Lipinski definition) is 8. The molecule has 10 N–H and O–H groups in total. The maximum atomic E-state index is 12.6. The van der Waals surface area contributed by atoms with Crippen molar-refractivity contribution in [3.63, 3.8) is 0 Å². The number of carbonyl (C=O) groups excluding carboxylic acids is 4. The Morgan fingerprint density at radius 3 is 2.24 bits per heavy atom. The van der Waals surface area contributed by atoms with Crippen LogP contribution in [0, 0.1) is 0 Å². The van der Waals surface area contributed by atoms with Crippen molar-refractivity contribution in [2.75, 3.05) is 13.2 Å². The van der Waals surface area contributed by atoms with Gasteiger partial charge in [-0.05, 0) is 18.1 Å². The lowest BCUT2D eigenvalue weighted by molar-refractivity contribution is -0.142. The van der Waals surface area contributed by atoms with E-state index >= 15 is 0 Å². The van der Waals surface area contributed by atoms with E-state index in [1.807, 2.05) is 12.1 Å². The number of amides is 4. The smallest absolute Gasteiger partial charge is 0.326 e. The van der Waals surface area contributed by atoms with Gasteiger partial charge in [0.1, 0.15) is 18.1 Å². The Hall–Kier alpha value is -3.97. The number of fused-ring (bicyclic) bond motifs is 1. The molecule has 0 saturated heterocycles. The van der Waals surface area contributed by atoms with E-state index in [9.17, 15) is 34.2 Å². The van der Waals surface area contributed by atoms with Gasteiger partial charge in [-0.25, -0.2) is 4.79 Å². The third kappa shape index (κ3) is 7.28. The first kappa shape index (κ1) is 26.3. The molecule has 184 valence electrons. The monoisotopic (exact) mass is 476 g/mol. The van der Waals surface area contributed by atoms with Crippen LogP contribution in [-0.4, -0.2) is 76.1 Å². The quantitative estimate of drug-likeness (QED) is 0.153. The van der Waals surface area contributed by atoms with Crippen LogP contribution in [0.5, 0.6) is 0 Å². The van der Waals surface area contributed by atoms with Crippen molar-refractivity contribution in [2.24, 2.45) is 11.5 Å². The largest absolute Gasteiger partial charge is 0.480 e. The second-order valence-electron chi connectivity index (χ2n) is 7.54. The van der Waals surface area contributed by atoms with Gasteiger partial charge < -0.3 is 42.6 Å². The molecular weight excluding hydrogens is 448 g/mol. The molecule has 0 spiro atoms. The van der Waals surface area contributed by atoms with Crippen molar-refractivity contribution in [3.8, 4) is 0 Å². The van der Waals surface area contributed by atoms with E-state index in [4.69, 9.17) is 11.5 Å². The number of nitrogens with two attached hydrogens (primary N) is 2. The highest BCUT2D eigenvalue weighted by Gasteiger charge is 2.29. The summed E-state index contributed by atoms with van der Waals surface area (Å²) in [6, 6.07) is 3.14. The van der Waals surface area contributed by atoms with Gasteiger partial charge in [0, 0.05) is 29.9 Å². The maximum Gasteiger partial charge on any atom is 0.326 e. The molecule has 3 unspecified atom stereocenters. The second-order valence-corrected chi connectivity index (χ2v) is 7.54. The molecule has 0 aliphatic rings. The number of H-pyrrole nitrogens is 1. The number of carboxylic acid groups (broad SMARTS) is 1. The van der Waals surface area contributed by atoms with E-state index < -0.39 is 60.9 Å². The van der Waals surface area contributed by atoms with E-state index in [0.29, 0.717) is 5.56 Å². The average molecular weight is 476 g/mol. The Bertz CT molecular complexity index is 1050. The Morgan fingerprint density at radius 1 is 0.971 bits per heavy atom. The van der Waals surface area contributed by atoms with Gasteiger partial charge in [-0.2, -0.15) is 0 Å². The normalized spacial score (nSPS) is 13.5. The number of aromatic amines is 1. The second kappa shape index (κ2) is 12.3. The summed E-state index contributed by atoms with van der Waals surface area (Å²) in [5.74, 6) is -4.52. The number of aromatic nitrogens is 1. The Labute approximate surface area is 194 Å². The minimum Gasteiger partial charge on any atom is -0.480 e. The molecule has 2 rings (SSSR count). The molecule has 1 aromatic carbocycles. The third-order valence-corrected chi connectivity index (χ3v) is 5.05. The van der Waals surface area contributed by atoms with Crippen LogP contribution in [0.4, 0.5) is 0 Å². The fraction of sp³-hybridized carbons (Fsp3) is 0.381. The number of para-hydroxylation sites is 1. The fourth-order valence-corrected chi connectivity index (χ4v) is 3.27. The first-order valence-electron chi connectivity index (χ1n) is 10.4. The lowest BCUT2D eigenvalue weighted by Gasteiger charge is -2.23. The number of primary amides is 1. The molecule has 1 aromatic heterocycles. The molecule has 13 heteroatoms. The van der Waals surface area contributed by atoms with Crippen molar-refractivity contribution in [1.29, 1.82) is 0 Å². The van der Waals surface area contributed by atoms with E-state index in [2.05, 4.69) is 20.9 Å². The number of benzene rings is 1. The summed E-state index contributed by atoms with van der Waals surface area (Å²) >= 11 is 0. The van der Waals surface area contributed by atoms with Gasteiger partial charge in [0.15, 0.2) is 0 Å². The molecule has 1 heterocycles. The zero-order chi connectivity index (χ0) is 25.3. The molecule has 0 bridgehead atoms. The van der Waals surface area contributed by atoms with E-state index in [0.717, 1.165) is 10.9 Å². The highest BCUT2D eigenvalue weighted by molar-refractivity contribution is 5.94. The first-order chi connectivity index (χ1) is 16.2. The Kier molecular flexibility index (Phi) is 9.52. The molecule has 34 heavy (non-hydrogen) atoms. The van der Waals surface area contributed by atoms with Crippen molar-refractivity contribution >= 4 is 40.5 Å².